The summed E-state index contributed by atoms with van der Waals surface area (Å²) in [6, 6.07) is 0. The number of nitrogens with zero attached hydrogens (tertiary/aromatic N) is 3. The molecule has 0 bridgehead atoms. The smallest absolute Gasteiger partial charge is 0.291 e. The molecular weight excluding hydrogens is 214 g/mol. The van der Waals surface area contributed by atoms with Crippen molar-refractivity contribution in [2.24, 2.45) is 0 Å². The highest BCUT2D eigenvalue weighted by molar-refractivity contribution is 7.99. The summed E-state index contributed by atoms with van der Waals surface area (Å²) in [5.74, 6) is 1.19. The first-order valence-electron chi connectivity index (χ1n) is 4.75. The Morgan fingerprint density at radius 2 is 2.53 bits per heavy atom. The van der Waals surface area contributed by atoms with Gasteiger partial charge in [-0.15, -0.1) is 5.10 Å². The highest BCUT2D eigenvalue weighted by atomic mass is 32.2. The van der Waals surface area contributed by atoms with Crippen LogP contribution in [0.2, 0.25) is 0 Å². The second kappa shape index (κ2) is 4.09. The third-order valence-electron chi connectivity index (χ3n) is 2.23. The van der Waals surface area contributed by atoms with Gasteiger partial charge in [-0.05, 0) is 0 Å². The molecule has 1 aromatic rings. The zero-order chi connectivity index (χ0) is 10.8. The summed E-state index contributed by atoms with van der Waals surface area (Å²) < 4.78 is 0. The minimum Gasteiger partial charge on any atom is -0.366 e. The SMILES string of the molecule is CC1CN(C(=O)c2nc(N)n[nH]2)CCS1. The van der Waals surface area contributed by atoms with Gasteiger partial charge in [-0.1, -0.05) is 6.92 Å². The molecule has 0 aliphatic carbocycles. The third-order valence-corrected chi connectivity index (χ3v) is 3.37. The summed E-state index contributed by atoms with van der Waals surface area (Å²) >= 11 is 1.87. The van der Waals surface area contributed by atoms with E-state index in [0.29, 0.717) is 5.25 Å². The van der Waals surface area contributed by atoms with Crippen molar-refractivity contribution in [3.8, 4) is 0 Å². The van der Waals surface area contributed by atoms with Crippen molar-refractivity contribution in [3.05, 3.63) is 5.82 Å². The number of anilines is 1. The van der Waals surface area contributed by atoms with E-state index in [2.05, 4.69) is 22.1 Å². The Labute approximate surface area is 91.6 Å². The van der Waals surface area contributed by atoms with Gasteiger partial charge < -0.3 is 10.6 Å². The fourth-order valence-corrected chi connectivity index (χ4v) is 2.54. The van der Waals surface area contributed by atoms with E-state index in [4.69, 9.17) is 5.73 Å². The number of nitrogen functional groups attached to an aromatic ring is 1. The normalized spacial score (nSPS) is 21.7. The van der Waals surface area contributed by atoms with E-state index in [1.165, 1.54) is 0 Å². The Kier molecular flexibility index (Phi) is 2.81. The molecule has 1 saturated heterocycles. The Bertz CT molecular complexity index is 366. The standard InChI is InChI=1S/C8H13N5OS/c1-5-4-13(2-3-15-5)7(14)6-10-8(9)12-11-6/h5H,2-4H2,1H3,(H3,9,10,11,12). The van der Waals surface area contributed by atoms with Crippen molar-refractivity contribution in [2.45, 2.75) is 12.2 Å². The van der Waals surface area contributed by atoms with Gasteiger partial charge in [-0.2, -0.15) is 16.7 Å². The average Bonchev–Trinajstić information content (AvgIpc) is 2.64. The molecule has 3 N–H and O–H groups in total. The number of aromatic amines is 1. The molecule has 6 nitrogen and oxygen atoms in total. The predicted octanol–water partition coefficient (Wildman–Crippen LogP) is -0.0356. The summed E-state index contributed by atoms with van der Waals surface area (Å²) in [6.07, 6.45) is 0. The van der Waals surface area contributed by atoms with Crippen molar-refractivity contribution in [1.82, 2.24) is 20.1 Å². The van der Waals surface area contributed by atoms with E-state index in [9.17, 15) is 4.79 Å². The quantitative estimate of drug-likeness (QED) is 0.703. The van der Waals surface area contributed by atoms with Gasteiger partial charge in [0.25, 0.3) is 5.91 Å². The highest BCUT2D eigenvalue weighted by Gasteiger charge is 2.24. The van der Waals surface area contributed by atoms with Crippen LogP contribution in [0.15, 0.2) is 0 Å². The van der Waals surface area contributed by atoms with Crippen LogP contribution in [0.4, 0.5) is 5.95 Å². The maximum atomic E-state index is 11.9. The number of aromatic nitrogens is 3. The molecule has 7 heteroatoms. The summed E-state index contributed by atoms with van der Waals surface area (Å²) in [6.45, 7) is 3.62. The number of H-pyrrole nitrogens is 1. The van der Waals surface area contributed by atoms with E-state index >= 15 is 0 Å². The minimum absolute atomic E-state index is 0.109. The first-order valence-corrected chi connectivity index (χ1v) is 5.80. The zero-order valence-corrected chi connectivity index (χ0v) is 9.25. The van der Waals surface area contributed by atoms with Crippen molar-refractivity contribution >= 4 is 23.6 Å². The molecule has 1 aliphatic heterocycles. The van der Waals surface area contributed by atoms with E-state index < -0.39 is 0 Å². The molecule has 1 amide bonds. The number of nitrogens with one attached hydrogen (secondary N) is 1. The van der Waals surface area contributed by atoms with Gasteiger partial charge in [0.05, 0.1) is 0 Å². The van der Waals surface area contributed by atoms with Gasteiger partial charge >= 0.3 is 0 Å². The van der Waals surface area contributed by atoms with Crippen LogP contribution in [0.1, 0.15) is 17.5 Å². The van der Waals surface area contributed by atoms with Crippen LogP contribution >= 0.6 is 11.8 Å². The number of hydrogen-bond acceptors (Lipinski definition) is 5. The van der Waals surface area contributed by atoms with Gasteiger partial charge in [0, 0.05) is 24.1 Å². The van der Waals surface area contributed by atoms with Gasteiger partial charge in [-0.25, -0.2) is 0 Å². The lowest BCUT2D eigenvalue weighted by Gasteiger charge is -2.29. The summed E-state index contributed by atoms with van der Waals surface area (Å²) in [4.78, 5) is 17.5. The average molecular weight is 227 g/mol. The second-order valence-corrected chi connectivity index (χ2v) is 5.02. The van der Waals surface area contributed by atoms with Crippen LogP contribution in [-0.4, -0.2) is 50.1 Å². The molecule has 82 valence electrons. The lowest BCUT2D eigenvalue weighted by molar-refractivity contribution is 0.0751. The number of amides is 1. The number of carbonyl (C=O) groups is 1. The molecule has 1 atom stereocenters. The number of hydrogen-bond donors (Lipinski definition) is 2. The molecular formula is C8H13N5OS. The first-order chi connectivity index (χ1) is 7.16. The molecule has 15 heavy (non-hydrogen) atoms. The number of nitrogens with two attached hydrogens (primary N) is 1. The summed E-state index contributed by atoms with van der Waals surface area (Å²) in [5.41, 5.74) is 5.34. The van der Waals surface area contributed by atoms with Gasteiger partial charge in [0.2, 0.25) is 11.8 Å². The second-order valence-electron chi connectivity index (χ2n) is 3.47. The Balaban J connectivity index is 2.07. The van der Waals surface area contributed by atoms with E-state index in [1.807, 2.05) is 11.8 Å². The largest absolute Gasteiger partial charge is 0.366 e. The van der Waals surface area contributed by atoms with Gasteiger partial charge in [0.15, 0.2) is 0 Å². The number of thioether (sulfide) groups is 1. The van der Waals surface area contributed by atoms with Crippen LogP contribution in [-0.2, 0) is 0 Å². The molecule has 1 fully saturated rings. The summed E-state index contributed by atoms with van der Waals surface area (Å²) in [7, 11) is 0. The molecule has 2 heterocycles. The maximum absolute atomic E-state index is 11.9. The van der Waals surface area contributed by atoms with E-state index in [1.54, 1.807) is 4.90 Å². The molecule has 1 aliphatic rings. The van der Waals surface area contributed by atoms with Crippen LogP contribution < -0.4 is 5.73 Å². The van der Waals surface area contributed by atoms with Crippen LogP contribution in [0.5, 0.6) is 0 Å². The zero-order valence-electron chi connectivity index (χ0n) is 8.43. The molecule has 0 saturated carbocycles. The third kappa shape index (κ3) is 2.23. The monoisotopic (exact) mass is 227 g/mol. The van der Waals surface area contributed by atoms with Gasteiger partial charge in [0.1, 0.15) is 0 Å². The van der Waals surface area contributed by atoms with Crippen molar-refractivity contribution in [1.29, 1.82) is 0 Å². The van der Waals surface area contributed by atoms with Crippen LogP contribution in [0.3, 0.4) is 0 Å². The fraction of sp³-hybridized carbons (Fsp3) is 0.625. The molecule has 0 aromatic carbocycles. The Morgan fingerprint density at radius 1 is 1.73 bits per heavy atom. The lowest BCUT2D eigenvalue weighted by atomic mass is 10.3. The van der Waals surface area contributed by atoms with Crippen LogP contribution in [0.25, 0.3) is 0 Å². The van der Waals surface area contributed by atoms with E-state index in [-0.39, 0.29) is 17.7 Å². The summed E-state index contributed by atoms with van der Waals surface area (Å²) in [5, 5.41) is 6.65. The molecule has 0 spiro atoms. The molecule has 1 aromatic heterocycles. The van der Waals surface area contributed by atoms with Gasteiger partial charge in [-0.3, -0.25) is 9.89 Å². The molecule has 0 radical (unpaired) electrons. The van der Waals surface area contributed by atoms with Crippen molar-refractivity contribution in [3.63, 3.8) is 0 Å². The fourth-order valence-electron chi connectivity index (χ4n) is 1.52. The Hall–Kier alpha value is -1.24. The molecule has 1 unspecified atom stereocenters. The predicted molar refractivity (Wildman–Crippen MR) is 58.6 cm³/mol. The highest BCUT2D eigenvalue weighted by Crippen LogP contribution is 2.18. The van der Waals surface area contributed by atoms with Crippen molar-refractivity contribution < 1.29 is 4.79 Å². The number of carbonyl (C=O) groups excluding carboxylic acids is 1. The minimum atomic E-state index is -0.119. The molecule has 2 rings (SSSR count). The lowest BCUT2D eigenvalue weighted by Crippen LogP contribution is -2.41. The first kappa shape index (κ1) is 10.3. The maximum Gasteiger partial charge on any atom is 0.291 e. The Morgan fingerprint density at radius 3 is 3.13 bits per heavy atom. The van der Waals surface area contributed by atoms with Crippen LogP contribution in [0, 0.1) is 0 Å². The topological polar surface area (TPSA) is 87.9 Å². The number of rotatable bonds is 1. The van der Waals surface area contributed by atoms with Crippen molar-refractivity contribution in [2.75, 3.05) is 24.6 Å². The van der Waals surface area contributed by atoms with E-state index in [0.717, 1.165) is 18.8 Å².